The fraction of sp³-hybridized carbons (Fsp3) is 0.500. The standard InChI is InChI=1S/C4H9NO2.C2H2O4/c1-2-3(5)4(6)7;3-1(4)2(5)6/h3H,2,5H2,1H3,(H,6,7);(H,3,4)(H,5,6). The first-order valence-corrected chi connectivity index (χ1v) is 3.27. The Bertz CT molecular complexity index is 189. The van der Waals surface area contributed by atoms with Crippen LogP contribution >= 0.6 is 0 Å². The van der Waals surface area contributed by atoms with Crippen molar-refractivity contribution in [3.8, 4) is 0 Å². The highest BCUT2D eigenvalue weighted by Gasteiger charge is 2.05. The van der Waals surface area contributed by atoms with E-state index in [1.165, 1.54) is 0 Å². The first kappa shape index (κ1) is 13.9. The topological polar surface area (TPSA) is 138 Å². The predicted molar refractivity (Wildman–Crippen MR) is 41.2 cm³/mol. The molecule has 7 heteroatoms. The average Bonchev–Trinajstić information content (AvgIpc) is 2.03. The van der Waals surface area contributed by atoms with Crippen molar-refractivity contribution in [2.24, 2.45) is 5.73 Å². The fourth-order valence-electron chi connectivity index (χ4n) is 0.175. The molecule has 0 aliphatic heterocycles. The summed E-state index contributed by atoms with van der Waals surface area (Å²) in [5.74, 6) is -4.58. The summed E-state index contributed by atoms with van der Waals surface area (Å²) in [6.45, 7) is 1.73. The molecule has 0 fully saturated rings. The maximum Gasteiger partial charge on any atom is 0.414 e. The highest BCUT2D eigenvalue weighted by Crippen LogP contribution is 1.82. The third kappa shape index (κ3) is 10.4. The first-order chi connectivity index (χ1) is 5.82. The van der Waals surface area contributed by atoms with Gasteiger partial charge in [0.25, 0.3) is 0 Å². The Morgan fingerprint density at radius 2 is 1.46 bits per heavy atom. The molecule has 0 bridgehead atoms. The molecule has 0 rings (SSSR count). The van der Waals surface area contributed by atoms with Crippen LogP contribution < -0.4 is 5.73 Å². The van der Waals surface area contributed by atoms with E-state index in [-0.39, 0.29) is 0 Å². The quantitative estimate of drug-likeness (QED) is 0.411. The van der Waals surface area contributed by atoms with Gasteiger partial charge in [0.15, 0.2) is 0 Å². The summed E-state index contributed by atoms with van der Waals surface area (Å²) in [6.07, 6.45) is 0.495. The van der Waals surface area contributed by atoms with Crippen molar-refractivity contribution in [1.29, 1.82) is 0 Å². The number of rotatable bonds is 2. The zero-order valence-electron chi connectivity index (χ0n) is 6.93. The Labute approximate surface area is 73.8 Å². The van der Waals surface area contributed by atoms with Gasteiger partial charge in [-0.1, -0.05) is 6.92 Å². The van der Waals surface area contributed by atoms with E-state index in [2.05, 4.69) is 0 Å². The second-order valence-electron chi connectivity index (χ2n) is 1.96. The zero-order chi connectivity index (χ0) is 11.0. The van der Waals surface area contributed by atoms with Gasteiger partial charge in [-0.05, 0) is 6.42 Å². The van der Waals surface area contributed by atoms with Crippen LogP contribution in [0.4, 0.5) is 0 Å². The summed E-state index contributed by atoms with van der Waals surface area (Å²) in [5.41, 5.74) is 5.02. The van der Waals surface area contributed by atoms with Crippen molar-refractivity contribution in [3.05, 3.63) is 0 Å². The van der Waals surface area contributed by atoms with E-state index in [1.54, 1.807) is 6.92 Å². The highest BCUT2D eigenvalue weighted by atomic mass is 16.4. The Kier molecular flexibility index (Phi) is 7.54. The number of carboxylic acids is 3. The number of carbonyl (C=O) groups is 3. The summed E-state index contributed by atoms with van der Waals surface area (Å²) in [6, 6.07) is -0.681. The van der Waals surface area contributed by atoms with Gasteiger partial charge in [0.05, 0.1) is 0 Å². The van der Waals surface area contributed by atoms with Crippen LogP contribution in [-0.2, 0) is 14.4 Å². The van der Waals surface area contributed by atoms with Crippen LogP contribution in [0, 0.1) is 0 Å². The third-order valence-corrected chi connectivity index (χ3v) is 0.940. The third-order valence-electron chi connectivity index (χ3n) is 0.940. The zero-order valence-corrected chi connectivity index (χ0v) is 6.93. The maximum atomic E-state index is 9.81. The van der Waals surface area contributed by atoms with Gasteiger partial charge >= 0.3 is 17.9 Å². The lowest BCUT2D eigenvalue weighted by Crippen LogP contribution is -2.28. The molecule has 0 aliphatic carbocycles. The molecule has 13 heavy (non-hydrogen) atoms. The van der Waals surface area contributed by atoms with Gasteiger partial charge in [0.2, 0.25) is 0 Å². The second kappa shape index (κ2) is 7.04. The van der Waals surface area contributed by atoms with E-state index in [4.69, 9.17) is 30.6 Å². The molecule has 0 spiro atoms. The number of nitrogens with two attached hydrogens (primary N) is 1. The van der Waals surface area contributed by atoms with Gasteiger partial charge in [0.1, 0.15) is 6.04 Å². The summed E-state index contributed by atoms with van der Waals surface area (Å²) in [5, 5.41) is 22.8. The van der Waals surface area contributed by atoms with Crippen molar-refractivity contribution >= 4 is 17.9 Å². The predicted octanol–water partition coefficient (Wildman–Crippen LogP) is -1.04. The Morgan fingerprint density at radius 3 is 1.46 bits per heavy atom. The molecule has 0 radical (unpaired) electrons. The minimum Gasteiger partial charge on any atom is -0.480 e. The first-order valence-electron chi connectivity index (χ1n) is 3.27. The Morgan fingerprint density at radius 1 is 1.15 bits per heavy atom. The van der Waals surface area contributed by atoms with Crippen LogP contribution in [0.2, 0.25) is 0 Å². The Balaban J connectivity index is 0. The molecular formula is C6H11NO6. The van der Waals surface area contributed by atoms with Crippen LogP contribution in [-0.4, -0.2) is 39.3 Å². The van der Waals surface area contributed by atoms with E-state index in [1.807, 2.05) is 0 Å². The second-order valence-corrected chi connectivity index (χ2v) is 1.96. The molecule has 0 aromatic rings. The molecule has 7 nitrogen and oxygen atoms in total. The van der Waals surface area contributed by atoms with Crippen LogP contribution in [0.25, 0.3) is 0 Å². The van der Waals surface area contributed by atoms with Crippen molar-refractivity contribution in [2.75, 3.05) is 0 Å². The lowest BCUT2D eigenvalue weighted by Gasteiger charge is -1.97. The van der Waals surface area contributed by atoms with Gasteiger partial charge in [-0.25, -0.2) is 9.59 Å². The van der Waals surface area contributed by atoms with Crippen LogP contribution in [0.3, 0.4) is 0 Å². The number of carboxylic acid groups (broad SMARTS) is 3. The van der Waals surface area contributed by atoms with Crippen molar-refractivity contribution < 1.29 is 29.7 Å². The number of aliphatic carboxylic acids is 3. The highest BCUT2D eigenvalue weighted by molar-refractivity contribution is 6.27. The van der Waals surface area contributed by atoms with Crippen molar-refractivity contribution in [2.45, 2.75) is 19.4 Å². The normalized spacial score (nSPS) is 10.6. The Hall–Kier alpha value is -1.63. The van der Waals surface area contributed by atoms with Crippen LogP contribution in [0.15, 0.2) is 0 Å². The number of hydrogen-bond donors (Lipinski definition) is 4. The van der Waals surface area contributed by atoms with E-state index in [9.17, 15) is 4.79 Å². The van der Waals surface area contributed by atoms with Crippen molar-refractivity contribution in [1.82, 2.24) is 0 Å². The average molecular weight is 193 g/mol. The van der Waals surface area contributed by atoms with Gasteiger partial charge in [-0.3, -0.25) is 4.79 Å². The van der Waals surface area contributed by atoms with E-state index in [0.29, 0.717) is 6.42 Å². The molecule has 0 amide bonds. The molecule has 1 atom stereocenters. The summed E-state index contributed by atoms with van der Waals surface area (Å²) < 4.78 is 0. The minimum absolute atomic E-state index is 0.495. The molecular weight excluding hydrogens is 182 g/mol. The van der Waals surface area contributed by atoms with Crippen LogP contribution in [0.5, 0.6) is 0 Å². The summed E-state index contributed by atoms with van der Waals surface area (Å²) >= 11 is 0. The van der Waals surface area contributed by atoms with Crippen LogP contribution in [0.1, 0.15) is 13.3 Å². The van der Waals surface area contributed by atoms with Gasteiger partial charge in [-0.15, -0.1) is 0 Å². The van der Waals surface area contributed by atoms with Crippen molar-refractivity contribution in [3.63, 3.8) is 0 Å². The molecule has 0 heterocycles. The lowest BCUT2D eigenvalue weighted by atomic mass is 10.2. The molecule has 76 valence electrons. The molecule has 0 saturated heterocycles. The van der Waals surface area contributed by atoms with E-state index in [0.717, 1.165) is 0 Å². The smallest absolute Gasteiger partial charge is 0.414 e. The maximum absolute atomic E-state index is 9.81. The molecule has 0 aromatic heterocycles. The molecule has 0 aromatic carbocycles. The van der Waals surface area contributed by atoms with E-state index < -0.39 is 23.9 Å². The largest absolute Gasteiger partial charge is 0.480 e. The minimum atomic E-state index is -1.82. The van der Waals surface area contributed by atoms with E-state index >= 15 is 0 Å². The van der Waals surface area contributed by atoms with Gasteiger partial charge in [0, 0.05) is 0 Å². The number of hydrogen-bond acceptors (Lipinski definition) is 4. The summed E-state index contributed by atoms with van der Waals surface area (Å²) in [7, 11) is 0. The fourth-order valence-corrected chi connectivity index (χ4v) is 0.175. The molecule has 0 aliphatic rings. The summed E-state index contributed by atoms with van der Waals surface area (Å²) in [4.78, 5) is 28.0. The monoisotopic (exact) mass is 193 g/mol. The van der Waals surface area contributed by atoms with Gasteiger partial charge < -0.3 is 21.1 Å². The lowest BCUT2D eigenvalue weighted by molar-refractivity contribution is -0.159. The molecule has 5 N–H and O–H groups in total. The molecule has 0 saturated carbocycles. The SMILES string of the molecule is CCC(N)C(=O)O.O=C(O)C(=O)O. The molecule has 1 unspecified atom stereocenters. The van der Waals surface area contributed by atoms with Gasteiger partial charge in [-0.2, -0.15) is 0 Å².